The lowest BCUT2D eigenvalue weighted by Crippen LogP contribution is -2.62. The number of carbonyl (C=O) groups is 1. The van der Waals surface area contributed by atoms with Gasteiger partial charge in [-0.3, -0.25) is 0 Å². The monoisotopic (exact) mass is 504 g/mol. The summed E-state index contributed by atoms with van der Waals surface area (Å²) in [7, 11) is 0. The molecule has 164 valence electrons. The lowest BCUT2D eigenvalue weighted by atomic mass is 9.76. The first-order valence-electron chi connectivity index (χ1n) is 9.40. The molecule has 0 spiro atoms. The van der Waals surface area contributed by atoms with Crippen LogP contribution in [0.25, 0.3) is 5.57 Å². The summed E-state index contributed by atoms with van der Waals surface area (Å²) >= 11 is 3.26. The summed E-state index contributed by atoms with van der Waals surface area (Å²) in [6.45, 7) is 0. The molecule has 0 aliphatic heterocycles. The predicted molar refractivity (Wildman–Crippen MR) is 116 cm³/mol. The molecule has 2 unspecified atom stereocenters. The van der Waals surface area contributed by atoms with E-state index in [1.54, 1.807) is 54.6 Å². The highest BCUT2D eigenvalue weighted by Crippen LogP contribution is 2.46. The maximum Gasteiger partial charge on any atom is 0.416 e. The number of hydrogen-bond acceptors (Lipinski definition) is 4. The number of anilines is 1. The summed E-state index contributed by atoms with van der Waals surface area (Å²) in [5.74, 6) is -1.67. The van der Waals surface area contributed by atoms with E-state index in [1.165, 1.54) is 12.2 Å². The van der Waals surface area contributed by atoms with E-state index in [9.17, 15) is 18.0 Å². The van der Waals surface area contributed by atoms with Gasteiger partial charge in [-0.05, 0) is 35.4 Å². The van der Waals surface area contributed by atoms with Gasteiger partial charge in [0.1, 0.15) is 0 Å². The fourth-order valence-electron chi connectivity index (χ4n) is 3.47. The molecule has 1 aliphatic carbocycles. The normalized spacial score (nSPS) is 20.5. The second-order valence-electron chi connectivity index (χ2n) is 7.03. The molecule has 32 heavy (non-hydrogen) atoms. The van der Waals surface area contributed by atoms with Crippen molar-refractivity contribution < 1.29 is 18.0 Å². The number of rotatable bonds is 4. The van der Waals surface area contributed by atoms with Crippen molar-refractivity contribution >= 4 is 33.2 Å². The summed E-state index contributed by atoms with van der Waals surface area (Å²) in [5, 5.41) is 17.7. The second kappa shape index (κ2) is 8.58. The third kappa shape index (κ3) is 4.28. The Morgan fingerprint density at radius 3 is 2.56 bits per heavy atom. The van der Waals surface area contributed by atoms with Crippen LogP contribution in [0.4, 0.5) is 23.7 Å². The molecule has 1 aromatic heterocycles. The van der Waals surface area contributed by atoms with Crippen molar-refractivity contribution in [3.05, 3.63) is 88.7 Å². The van der Waals surface area contributed by atoms with E-state index in [-0.39, 0.29) is 5.82 Å². The number of alkyl halides is 3. The quantitative estimate of drug-likeness (QED) is 0.474. The summed E-state index contributed by atoms with van der Waals surface area (Å²) in [4.78, 5) is 12.7. The molecule has 1 heterocycles. The maximum atomic E-state index is 14.5. The van der Waals surface area contributed by atoms with Crippen molar-refractivity contribution in [2.24, 2.45) is 0 Å². The topological polar surface area (TPSA) is 95.6 Å². The molecule has 0 bridgehead atoms. The smallest absolute Gasteiger partial charge is 0.319 e. The van der Waals surface area contributed by atoms with Crippen LogP contribution in [0.2, 0.25) is 0 Å². The largest absolute Gasteiger partial charge is 0.416 e. The maximum absolute atomic E-state index is 14.5. The lowest BCUT2D eigenvalue weighted by Gasteiger charge is -2.40. The van der Waals surface area contributed by atoms with E-state index in [1.807, 2.05) is 0 Å². The van der Waals surface area contributed by atoms with Gasteiger partial charge in [0.25, 0.3) is 0 Å². The summed E-state index contributed by atoms with van der Waals surface area (Å²) in [6.07, 6.45) is -1.23. The highest BCUT2D eigenvalue weighted by atomic mass is 79.9. The van der Waals surface area contributed by atoms with Crippen LogP contribution < -0.4 is 10.6 Å². The van der Waals surface area contributed by atoms with Gasteiger partial charge in [-0.1, -0.05) is 69.7 Å². The molecule has 4 rings (SSSR count). The van der Waals surface area contributed by atoms with Crippen molar-refractivity contribution in [3.63, 3.8) is 0 Å². The lowest BCUT2D eigenvalue weighted by molar-refractivity contribution is -0.182. The predicted octanol–water partition coefficient (Wildman–Crippen LogP) is 4.82. The number of H-pyrrole nitrogens is 1. The van der Waals surface area contributed by atoms with Gasteiger partial charge >= 0.3 is 12.2 Å². The number of tetrazole rings is 1. The molecule has 0 radical (unpaired) electrons. The third-order valence-corrected chi connectivity index (χ3v) is 5.47. The summed E-state index contributed by atoms with van der Waals surface area (Å²) in [5.41, 5.74) is -1.22. The summed E-state index contributed by atoms with van der Waals surface area (Å²) < 4.78 is 44.2. The minimum absolute atomic E-state index is 0.206. The van der Waals surface area contributed by atoms with E-state index in [2.05, 4.69) is 47.2 Å². The molecule has 2 aromatic carbocycles. The number of benzene rings is 2. The van der Waals surface area contributed by atoms with Crippen LogP contribution in [0.1, 0.15) is 17.3 Å². The van der Waals surface area contributed by atoms with Crippen LogP contribution >= 0.6 is 15.9 Å². The first kappa shape index (κ1) is 21.8. The van der Waals surface area contributed by atoms with Crippen LogP contribution in [0.5, 0.6) is 0 Å². The number of amides is 2. The highest BCUT2D eigenvalue weighted by Gasteiger charge is 2.61. The minimum atomic E-state index is -4.87. The van der Waals surface area contributed by atoms with Crippen LogP contribution in [-0.2, 0) is 0 Å². The molecule has 2 amide bonds. The van der Waals surface area contributed by atoms with Crippen LogP contribution in [0, 0.1) is 0 Å². The molecule has 3 aromatic rings. The van der Waals surface area contributed by atoms with Crippen LogP contribution in [0.3, 0.4) is 0 Å². The average Bonchev–Trinajstić information content (AvgIpc) is 3.28. The molecular weight excluding hydrogens is 489 g/mol. The van der Waals surface area contributed by atoms with Crippen LogP contribution in [0.15, 0.2) is 77.3 Å². The number of nitrogens with one attached hydrogen (secondary N) is 3. The average molecular weight is 505 g/mol. The number of halogens is 4. The second-order valence-corrected chi connectivity index (χ2v) is 7.94. The van der Waals surface area contributed by atoms with Crippen molar-refractivity contribution in [3.8, 4) is 0 Å². The van der Waals surface area contributed by atoms with Gasteiger partial charge in [0.15, 0.2) is 11.4 Å². The zero-order chi connectivity index (χ0) is 22.8. The number of nitrogens with zero attached hydrogens (tertiary/aromatic N) is 3. The Morgan fingerprint density at radius 2 is 1.91 bits per heavy atom. The van der Waals surface area contributed by atoms with Gasteiger partial charge in [-0.25, -0.2) is 4.79 Å². The minimum Gasteiger partial charge on any atom is -0.319 e. The van der Waals surface area contributed by atoms with E-state index in [0.717, 1.165) is 6.08 Å². The Balaban J connectivity index is 1.73. The zero-order valence-electron chi connectivity index (χ0n) is 16.3. The summed E-state index contributed by atoms with van der Waals surface area (Å²) in [6, 6.07) is 14.4. The Hall–Kier alpha value is -3.47. The SMILES string of the molecule is O=C(Nc1cccc(Br)c1)NC1(C(F)(F)F)C=CC(c2ccccc2)=CC1c1nn[nH]n1. The first-order valence-corrected chi connectivity index (χ1v) is 10.2. The molecule has 2 atom stereocenters. The van der Waals surface area contributed by atoms with Crippen LogP contribution in [-0.4, -0.2) is 38.4 Å². The van der Waals surface area contributed by atoms with E-state index in [0.29, 0.717) is 21.3 Å². The van der Waals surface area contributed by atoms with Gasteiger partial charge in [-0.15, -0.1) is 10.2 Å². The van der Waals surface area contributed by atoms with Gasteiger partial charge in [0.2, 0.25) is 0 Å². The third-order valence-electron chi connectivity index (χ3n) is 4.98. The van der Waals surface area contributed by atoms with Crippen molar-refractivity contribution in [1.29, 1.82) is 0 Å². The van der Waals surface area contributed by atoms with E-state index < -0.39 is 23.7 Å². The molecule has 11 heteroatoms. The molecular formula is C21H16BrF3N6O. The Kier molecular flexibility index (Phi) is 5.83. The standard InChI is InChI=1S/C21H16BrF3N6O/c22-15-7-4-8-16(12-15)26-19(32)27-20(21(23,24)25)10-9-14(13-5-2-1-3-6-13)11-17(20)18-28-30-31-29-18/h1-12,17H,(H2,26,27,32)(H,28,29,30,31). The van der Waals surface area contributed by atoms with Gasteiger partial charge in [0, 0.05) is 10.2 Å². The number of urea groups is 1. The molecule has 3 N–H and O–H groups in total. The highest BCUT2D eigenvalue weighted by molar-refractivity contribution is 9.10. The first-order chi connectivity index (χ1) is 15.3. The number of allylic oxidation sites excluding steroid dienone is 2. The Labute approximate surface area is 188 Å². The number of hydrogen-bond donors (Lipinski definition) is 3. The molecule has 0 fully saturated rings. The number of aromatic nitrogens is 4. The number of carbonyl (C=O) groups excluding carboxylic acids is 1. The van der Waals surface area contributed by atoms with Crippen molar-refractivity contribution in [2.75, 3.05) is 5.32 Å². The molecule has 0 saturated carbocycles. The van der Waals surface area contributed by atoms with Gasteiger partial charge in [-0.2, -0.15) is 18.4 Å². The zero-order valence-corrected chi connectivity index (χ0v) is 17.9. The van der Waals surface area contributed by atoms with E-state index >= 15 is 0 Å². The van der Waals surface area contributed by atoms with Gasteiger partial charge < -0.3 is 10.6 Å². The fourth-order valence-corrected chi connectivity index (χ4v) is 3.87. The fraction of sp³-hybridized carbons (Fsp3) is 0.143. The molecule has 7 nitrogen and oxygen atoms in total. The van der Waals surface area contributed by atoms with Crippen molar-refractivity contribution in [1.82, 2.24) is 25.9 Å². The number of aromatic amines is 1. The Bertz CT molecular complexity index is 1160. The van der Waals surface area contributed by atoms with Gasteiger partial charge in [0.05, 0.1) is 5.92 Å². The Morgan fingerprint density at radius 1 is 1.12 bits per heavy atom. The van der Waals surface area contributed by atoms with E-state index in [4.69, 9.17) is 0 Å². The van der Waals surface area contributed by atoms with Crippen molar-refractivity contribution in [2.45, 2.75) is 17.6 Å². The molecule has 1 aliphatic rings. The molecule has 0 saturated heterocycles.